The molecule has 1 atom stereocenters. The van der Waals surface area contributed by atoms with Gasteiger partial charge in [0.2, 0.25) is 0 Å². The summed E-state index contributed by atoms with van der Waals surface area (Å²) in [5, 5.41) is 8.87. The first-order chi connectivity index (χ1) is 13.2. The SMILES string of the molecule is CCC(C)(C)NC(=O)c1ccc(NC(=O)NC(c2ccccc2)C(C)C)cc1. The summed E-state index contributed by atoms with van der Waals surface area (Å²) in [6.07, 6.45) is 0.844. The summed E-state index contributed by atoms with van der Waals surface area (Å²) in [6, 6.07) is 16.5. The third-order valence-corrected chi connectivity index (χ3v) is 4.85. The number of carbonyl (C=O) groups is 2. The molecule has 0 spiro atoms. The van der Waals surface area contributed by atoms with Gasteiger partial charge in [0.1, 0.15) is 0 Å². The standard InChI is InChI=1S/C23H31N3O2/c1-6-23(4,5)26-21(27)18-12-14-19(15-13-18)24-22(28)25-20(16(2)3)17-10-8-7-9-11-17/h7-16,20H,6H2,1-5H3,(H,26,27)(H2,24,25,28). The summed E-state index contributed by atoms with van der Waals surface area (Å²) in [4.78, 5) is 24.8. The zero-order chi connectivity index (χ0) is 20.7. The van der Waals surface area contributed by atoms with Crippen LogP contribution < -0.4 is 16.0 Å². The van der Waals surface area contributed by atoms with E-state index in [2.05, 4.69) is 29.8 Å². The maximum atomic E-state index is 12.4. The molecule has 0 aliphatic rings. The van der Waals surface area contributed by atoms with Gasteiger partial charge in [0.15, 0.2) is 0 Å². The van der Waals surface area contributed by atoms with Crippen LogP contribution in [0.15, 0.2) is 54.6 Å². The van der Waals surface area contributed by atoms with Crippen LogP contribution in [-0.4, -0.2) is 17.5 Å². The van der Waals surface area contributed by atoms with E-state index in [-0.39, 0.29) is 29.4 Å². The predicted octanol–water partition coefficient (Wildman–Crippen LogP) is 5.12. The van der Waals surface area contributed by atoms with Crippen molar-refractivity contribution >= 4 is 17.6 Å². The molecule has 150 valence electrons. The van der Waals surface area contributed by atoms with E-state index in [4.69, 9.17) is 0 Å². The van der Waals surface area contributed by atoms with Gasteiger partial charge in [0.05, 0.1) is 6.04 Å². The Balaban J connectivity index is 1.99. The molecule has 3 N–H and O–H groups in total. The molecule has 0 aromatic heterocycles. The van der Waals surface area contributed by atoms with Crippen molar-refractivity contribution in [3.05, 3.63) is 65.7 Å². The van der Waals surface area contributed by atoms with Crippen LogP contribution >= 0.6 is 0 Å². The molecule has 0 fully saturated rings. The maximum absolute atomic E-state index is 12.4. The van der Waals surface area contributed by atoms with Crippen molar-refractivity contribution in [1.29, 1.82) is 0 Å². The summed E-state index contributed by atoms with van der Waals surface area (Å²) in [6.45, 7) is 10.2. The smallest absolute Gasteiger partial charge is 0.319 e. The highest BCUT2D eigenvalue weighted by molar-refractivity contribution is 5.96. The first kappa shape index (κ1) is 21.5. The number of nitrogens with one attached hydrogen (secondary N) is 3. The van der Waals surface area contributed by atoms with Crippen LogP contribution in [0, 0.1) is 5.92 Å². The second-order valence-electron chi connectivity index (χ2n) is 8.00. The Labute approximate surface area is 167 Å². The summed E-state index contributed by atoms with van der Waals surface area (Å²) in [5.41, 5.74) is 2.02. The number of hydrogen-bond acceptors (Lipinski definition) is 2. The predicted molar refractivity (Wildman–Crippen MR) is 114 cm³/mol. The van der Waals surface area contributed by atoms with Gasteiger partial charge in [-0.3, -0.25) is 4.79 Å². The normalized spacial score (nSPS) is 12.4. The van der Waals surface area contributed by atoms with Gasteiger partial charge in [0.25, 0.3) is 5.91 Å². The van der Waals surface area contributed by atoms with E-state index in [1.54, 1.807) is 24.3 Å². The van der Waals surface area contributed by atoms with Crippen LogP contribution in [0.25, 0.3) is 0 Å². The van der Waals surface area contributed by atoms with E-state index in [0.29, 0.717) is 11.3 Å². The van der Waals surface area contributed by atoms with Crippen molar-refractivity contribution in [1.82, 2.24) is 10.6 Å². The van der Waals surface area contributed by atoms with E-state index in [1.165, 1.54) is 0 Å². The fourth-order valence-corrected chi connectivity index (χ4v) is 2.78. The quantitative estimate of drug-likeness (QED) is 0.623. The first-order valence-corrected chi connectivity index (χ1v) is 9.77. The first-order valence-electron chi connectivity index (χ1n) is 9.77. The number of hydrogen-bond donors (Lipinski definition) is 3. The number of rotatable bonds is 7. The van der Waals surface area contributed by atoms with E-state index in [0.717, 1.165) is 12.0 Å². The lowest BCUT2D eigenvalue weighted by molar-refractivity contribution is 0.0911. The Morgan fingerprint density at radius 1 is 0.964 bits per heavy atom. The highest BCUT2D eigenvalue weighted by Crippen LogP contribution is 2.21. The van der Waals surface area contributed by atoms with Crippen LogP contribution in [0.1, 0.15) is 63.0 Å². The third-order valence-electron chi connectivity index (χ3n) is 4.85. The van der Waals surface area contributed by atoms with Crippen molar-refractivity contribution in [2.24, 2.45) is 5.92 Å². The van der Waals surface area contributed by atoms with Crippen LogP contribution in [0.3, 0.4) is 0 Å². The van der Waals surface area contributed by atoms with Gasteiger partial charge in [-0.1, -0.05) is 51.1 Å². The molecule has 5 nitrogen and oxygen atoms in total. The Bertz CT molecular complexity index is 783. The van der Waals surface area contributed by atoms with Crippen molar-refractivity contribution in [2.45, 2.75) is 52.6 Å². The fourth-order valence-electron chi connectivity index (χ4n) is 2.78. The second-order valence-corrected chi connectivity index (χ2v) is 8.00. The average molecular weight is 382 g/mol. The van der Waals surface area contributed by atoms with Gasteiger partial charge in [-0.15, -0.1) is 0 Å². The lowest BCUT2D eigenvalue weighted by Gasteiger charge is -2.24. The molecule has 5 heteroatoms. The molecule has 2 aromatic rings. The molecule has 0 heterocycles. The molecule has 0 bridgehead atoms. The minimum Gasteiger partial charge on any atom is -0.347 e. The molecule has 0 aliphatic carbocycles. The summed E-state index contributed by atoms with van der Waals surface area (Å²) >= 11 is 0. The lowest BCUT2D eigenvalue weighted by Crippen LogP contribution is -2.42. The van der Waals surface area contributed by atoms with Crippen molar-refractivity contribution < 1.29 is 9.59 Å². The highest BCUT2D eigenvalue weighted by atomic mass is 16.2. The van der Waals surface area contributed by atoms with Gasteiger partial charge >= 0.3 is 6.03 Å². The van der Waals surface area contributed by atoms with Crippen molar-refractivity contribution in [2.75, 3.05) is 5.32 Å². The second kappa shape index (κ2) is 9.40. The molecule has 0 saturated heterocycles. The monoisotopic (exact) mass is 381 g/mol. The Morgan fingerprint density at radius 3 is 2.11 bits per heavy atom. The van der Waals surface area contributed by atoms with Crippen LogP contribution in [-0.2, 0) is 0 Å². The fraction of sp³-hybridized carbons (Fsp3) is 0.391. The van der Waals surface area contributed by atoms with Gasteiger partial charge in [0, 0.05) is 16.8 Å². The van der Waals surface area contributed by atoms with Crippen LogP contribution in [0.4, 0.5) is 10.5 Å². The van der Waals surface area contributed by atoms with Crippen molar-refractivity contribution in [3.8, 4) is 0 Å². The van der Waals surface area contributed by atoms with Crippen LogP contribution in [0.5, 0.6) is 0 Å². The van der Waals surface area contributed by atoms with Gasteiger partial charge in [-0.2, -0.15) is 0 Å². The molecule has 0 aliphatic heterocycles. The molecule has 28 heavy (non-hydrogen) atoms. The molecular formula is C23H31N3O2. The number of benzene rings is 2. The highest BCUT2D eigenvalue weighted by Gasteiger charge is 2.20. The van der Waals surface area contributed by atoms with E-state index < -0.39 is 0 Å². The Kier molecular flexibility index (Phi) is 7.21. The van der Waals surface area contributed by atoms with E-state index >= 15 is 0 Å². The van der Waals surface area contributed by atoms with Crippen molar-refractivity contribution in [3.63, 3.8) is 0 Å². The molecule has 1 unspecified atom stereocenters. The van der Waals surface area contributed by atoms with Gasteiger partial charge in [-0.25, -0.2) is 4.79 Å². The number of urea groups is 1. The Morgan fingerprint density at radius 2 is 1.57 bits per heavy atom. The zero-order valence-electron chi connectivity index (χ0n) is 17.4. The minimum atomic E-state index is -0.271. The summed E-state index contributed by atoms with van der Waals surface area (Å²) < 4.78 is 0. The molecule has 2 rings (SSSR count). The Hall–Kier alpha value is -2.82. The maximum Gasteiger partial charge on any atom is 0.319 e. The number of anilines is 1. The number of carbonyl (C=O) groups excluding carboxylic acids is 2. The number of amides is 3. The minimum absolute atomic E-state index is 0.0810. The molecule has 2 aromatic carbocycles. The summed E-state index contributed by atoms with van der Waals surface area (Å²) in [5.74, 6) is 0.132. The molecule has 3 amide bonds. The van der Waals surface area contributed by atoms with E-state index in [9.17, 15) is 9.59 Å². The molecular weight excluding hydrogens is 350 g/mol. The van der Waals surface area contributed by atoms with Gasteiger partial charge in [-0.05, 0) is 56.0 Å². The average Bonchev–Trinajstić information content (AvgIpc) is 2.66. The van der Waals surface area contributed by atoms with Crippen LogP contribution in [0.2, 0.25) is 0 Å². The lowest BCUT2D eigenvalue weighted by atomic mass is 9.96. The topological polar surface area (TPSA) is 70.2 Å². The largest absolute Gasteiger partial charge is 0.347 e. The zero-order valence-corrected chi connectivity index (χ0v) is 17.4. The molecule has 0 radical (unpaired) electrons. The summed E-state index contributed by atoms with van der Waals surface area (Å²) in [7, 11) is 0. The third kappa shape index (κ3) is 6.12. The van der Waals surface area contributed by atoms with E-state index in [1.807, 2.05) is 51.1 Å². The molecule has 0 saturated carbocycles. The van der Waals surface area contributed by atoms with Gasteiger partial charge < -0.3 is 16.0 Å².